The molecule has 0 saturated heterocycles. The van der Waals surface area contributed by atoms with Crippen molar-refractivity contribution in [1.82, 2.24) is 0 Å². The summed E-state index contributed by atoms with van der Waals surface area (Å²) in [5.41, 5.74) is 12.0. The van der Waals surface area contributed by atoms with E-state index in [1.807, 2.05) is 0 Å². The van der Waals surface area contributed by atoms with Crippen LogP contribution in [-0.4, -0.2) is 0 Å². The van der Waals surface area contributed by atoms with Crippen molar-refractivity contribution < 1.29 is 4.42 Å². The Balaban J connectivity index is 1.11. The lowest BCUT2D eigenvalue weighted by atomic mass is 9.95. The Morgan fingerprint density at radius 2 is 0.929 bits per heavy atom. The van der Waals surface area contributed by atoms with Crippen molar-refractivity contribution in [2.75, 3.05) is 4.90 Å². The van der Waals surface area contributed by atoms with E-state index < -0.39 is 0 Å². The molecule has 0 aliphatic heterocycles. The van der Waals surface area contributed by atoms with Crippen LogP contribution in [0.2, 0.25) is 0 Å². The zero-order valence-electron chi connectivity index (χ0n) is 30.6. The fraction of sp³-hybridized carbons (Fsp3) is 0. The number of hydrogen-bond donors (Lipinski definition) is 0. The highest BCUT2D eigenvalue weighted by atomic mass is 16.3. The van der Waals surface area contributed by atoms with Gasteiger partial charge in [0.15, 0.2) is 0 Å². The molecule has 0 N–H and O–H groups in total. The molecule has 56 heavy (non-hydrogen) atoms. The molecule has 0 aliphatic carbocycles. The quantitative estimate of drug-likeness (QED) is 0.171. The average molecular weight is 714 g/mol. The molecule has 0 fully saturated rings. The van der Waals surface area contributed by atoms with Crippen molar-refractivity contribution in [1.29, 1.82) is 0 Å². The summed E-state index contributed by atoms with van der Waals surface area (Å²) in [6.07, 6.45) is 0. The molecular formula is C54H35NO. The maximum atomic E-state index is 6.56. The minimum Gasteiger partial charge on any atom is -0.456 e. The molecule has 2 heteroatoms. The lowest BCUT2D eigenvalue weighted by Crippen LogP contribution is -2.11. The lowest BCUT2D eigenvalue weighted by molar-refractivity contribution is 0.669. The molecular weight excluding hydrogens is 679 g/mol. The van der Waals surface area contributed by atoms with Crippen molar-refractivity contribution in [3.8, 4) is 33.4 Å². The third kappa shape index (κ3) is 5.42. The van der Waals surface area contributed by atoms with Gasteiger partial charge in [-0.05, 0) is 115 Å². The molecule has 0 bridgehead atoms. The fourth-order valence-corrected chi connectivity index (χ4v) is 8.52. The van der Waals surface area contributed by atoms with Gasteiger partial charge in [0, 0.05) is 27.7 Å². The molecule has 0 saturated carbocycles. The first-order valence-corrected chi connectivity index (χ1v) is 19.2. The van der Waals surface area contributed by atoms with Gasteiger partial charge in [0.25, 0.3) is 0 Å². The maximum Gasteiger partial charge on any atom is 0.136 e. The van der Waals surface area contributed by atoms with Gasteiger partial charge < -0.3 is 9.32 Å². The Labute approximate surface area is 325 Å². The molecule has 0 amide bonds. The van der Waals surface area contributed by atoms with Crippen LogP contribution in [0.5, 0.6) is 0 Å². The summed E-state index contributed by atoms with van der Waals surface area (Å²) >= 11 is 0. The van der Waals surface area contributed by atoms with Crippen LogP contribution in [0.15, 0.2) is 217 Å². The van der Waals surface area contributed by atoms with Gasteiger partial charge in [0.05, 0.1) is 5.69 Å². The average Bonchev–Trinajstić information content (AvgIpc) is 3.63. The molecule has 262 valence electrons. The number of para-hydroxylation sites is 1. The van der Waals surface area contributed by atoms with Crippen molar-refractivity contribution >= 4 is 71.3 Å². The number of nitrogens with zero attached hydrogens (tertiary/aromatic N) is 1. The summed E-state index contributed by atoms with van der Waals surface area (Å²) < 4.78 is 6.56. The highest BCUT2D eigenvalue weighted by Crippen LogP contribution is 2.46. The van der Waals surface area contributed by atoms with Gasteiger partial charge in [0.1, 0.15) is 11.2 Å². The third-order valence-corrected chi connectivity index (χ3v) is 11.2. The molecule has 1 heterocycles. The molecule has 0 unspecified atom stereocenters. The Kier molecular flexibility index (Phi) is 7.53. The molecule has 0 atom stereocenters. The predicted octanol–water partition coefficient (Wildman–Crippen LogP) is 15.5. The van der Waals surface area contributed by atoms with Gasteiger partial charge >= 0.3 is 0 Å². The van der Waals surface area contributed by atoms with Crippen molar-refractivity contribution in [3.05, 3.63) is 212 Å². The van der Waals surface area contributed by atoms with Gasteiger partial charge in [-0.2, -0.15) is 0 Å². The third-order valence-electron chi connectivity index (χ3n) is 11.2. The molecule has 0 spiro atoms. The monoisotopic (exact) mass is 713 g/mol. The summed E-state index contributed by atoms with van der Waals surface area (Å²) in [6.45, 7) is 0. The highest BCUT2D eigenvalue weighted by Gasteiger charge is 2.21. The van der Waals surface area contributed by atoms with Crippen LogP contribution in [0.4, 0.5) is 17.1 Å². The van der Waals surface area contributed by atoms with Crippen LogP contribution in [0.1, 0.15) is 0 Å². The van der Waals surface area contributed by atoms with E-state index in [4.69, 9.17) is 4.42 Å². The SMILES string of the molecule is c1cc(-c2cccc3ccccc23)cc(N(c2ccc(-c3ccc4ccccc4c3)cc2)c2ccccc2-c2cccc3oc4cc5ccccc5cc4c23)c1. The van der Waals surface area contributed by atoms with Crippen molar-refractivity contribution in [3.63, 3.8) is 0 Å². The Morgan fingerprint density at radius 1 is 0.304 bits per heavy atom. The zero-order chi connectivity index (χ0) is 37.0. The summed E-state index contributed by atoms with van der Waals surface area (Å²) in [4.78, 5) is 2.41. The summed E-state index contributed by atoms with van der Waals surface area (Å²) in [5, 5.41) is 9.57. The Morgan fingerprint density at radius 3 is 1.79 bits per heavy atom. The topological polar surface area (TPSA) is 16.4 Å². The fourth-order valence-electron chi connectivity index (χ4n) is 8.52. The van der Waals surface area contributed by atoms with E-state index in [0.29, 0.717) is 0 Å². The van der Waals surface area contributed by atoms with E-state index in [9.17, 15) is 0 Å². The maximum absolute atomic E-state index is 6.56. The molecule has 2 nitrogen and oxygen atoms in total. The smallest absolute Gasteiger partial charge is 0.136 e. The minimum absolute atomic E-state index is 0.881. The molecule has 0 radical (unpaired) electrons. The Hall–Kier alpha value is -7.42. The van der Waals surface area contributed by atoms with Crippen LogP contribution >= 0.6 is 0 Å². The second-order valence-electron chi connectivity index (χ2n) is 14.5. The Bertz CT molecular complexity index is 3260. The first-order chi connectivity index (χ1) is 27.7. The van der Waals surface area contributed by atoms with Crippen LogP contribution in [-0.2, 0) is 0 Å². The van der Waals surface area contributed by atoms with Crippen LogP contribution < -0.4 is 4.90 Å². The molecule has 10 aromatic carbocycles. The molecule has 11 rings (SSSR count). The molecule has 0 aliphatic rings. The van der Waals surface area contributed by atoms with Crippen LogP contribution in [0.25, 0.3) is 87.6 Å². The first kappa shape index (κ1) is 32.0. The summed E-state index contributed by atoms with van der Waals surface area (Å²) in [7, 11) is 0. The first-order valence-electron chi connectivity index (χ1n) is 19.2. The van der Waals surface area contributed by atoms with E-state index in [2.05, 4.69) is 217 Å². The van der Waals surface area contributed by atoms with Gasteiger partial charge in [-0.25, -0.2) is 0 Å². The van der Waals surface area contributed by atoms with E-state index in [0.717, 1.165) is 50.1 Å². The van der Waals surface area contributed by atoms with Gasteiger partial charge in [0.2, 0.25) is 0 Å². The summed E-state index contributed by atoms with van der Waals surface area (Å²) in [6, 6.07) is 76.6. The van der Waals surface area contributed by atoms with Gasteiger partial charge in [-0.1, -0.05) is 158 Å². The minimum atomic E-state index is 0.881. The number of hydrogen-bond acceptors (Lipinski definition) is 2. The van der Waals surface area contributed by atoms with E-state index >= 15 is 0 Å². The standard InChI is InChI=1S/C54H35NO/c1-2-14-39-32-42(27-26-36(39)12-1)37-28-30-44(31-29-37)55(45-19-9-18-43(33-45)47-22-10-17-38-13-5-6-20-46(38)47)51-24-8-7-21-48(51)49-23-11-25-52-54(49)50-34-40-15-3-4-16-41(40)35-53(50)56-52/h1-35H. The van der Waals surface area contributed by atoms with Crippen molar-refractivity contribution in [2.24, 2.45) is 0 Å². The van der Waals surface area contributed by atoms with Gasteiger partial charge in [-0.15, -0.1) is 0 Å². The van der Waals surface area contributed by atoms with E-state index in [-0.39, 0.29) is 0 Å². The number of benzene rings is 10. The predicted molar refractivity (Wildman–Crippen MR) is 237 cm³/mol. The zero-order valence-corrected chi connectivity index (χ0v) is 30.6. The van der Waals surface area contributed by atoms with E-state index in [1.165, 1.54) is 54.6 Å². The molecule has 1 aromatic heterocycles. The lowest BCUT2D eigenvalue weighted by Gasteiger charge is -2.28. The van der Waals surface area contributed by atoms with E-state index in [1.54, 1.807) is 0 Å². The second kappa shape index (κ2) is 13.2. The second-order valence-corrected chi connectivity index (χ2v) is 14.5. The number of fused-ring (bicyclic) bond motifs is 6. The normalized spacial score (nSPS) is 11.6. The van der Waals surface area contributed by atoms with Crippen LogP contribution in [0, 0.1) is 0 Å². The van der Waals surface area contributed by atoms with Gasteiger partial charge in [-0.3, -0.25) is 0 Å². The number of anilines is 3. The summed E-state index contributed by atoms with van der Waals surface area (Å²) in [5.74, 6) is 0. The molecule has 11 aromatic rings. The van der Waals surface area contributed by atoms with Crippen molar-refractivity contribution in [2.45, 2.75) is 0 Å². The van der Waals surface area contributed by atoms with Crippen LogP contribution in [0.3, 0.4) is 0 Å². The number of rotatable bonds is 6. The largest absolute Gasteiger partial charge is 0.456 e. The highest BCUT2D eigenvalue weighted by molar-refractivity contribution is 6.16. The number of furan rings is 1.